The summed E-state index contributed by atoms with van der Waals surface area (Å²) in [7, 11) is 1.87. The molecule has 1 amide bonds. The molecule has 18 heavy (non-hydrogen) atoms. The molecule has 4 nitrogen and oxygen atoms in total. The quantitative estimate of drug-likeness (QED) is 0.820. The molecule has 1 fully saturated rings. The van der Waals surface area contributed by atoms with Gasteiger partial charge in [0.05, 0.1) is 12.6 Å². The first-order chi connectivity index (χ1) is 8.66. The van der Waals surface area contributed by atoms with Crippen molar-refractivity contribution in [2.45, 2.75) is 25.3 Å². The van der Waals surface area contributed by atoms with Crippen molar-refractivity contribution in [1.82, 2.24) is 4.90 Å². The third kappa shape index (κ3) is 3.23. The molecular weight excluding hydrogens is 228 g/mol. The van der Waals surface area contributed by atoms with Crippen LogP contribution in [0.25, 0.3) is 0 Å². The number of nitrogen functional groups attached to an aromatic ring is 1. The zero-order chi connectivity index (χ0) is 13.0. The lowest BCUT2D eigenvalue weighted by Crippen LogP contribution is -2.37. The number of rotatable bonds is 4. The molecule has 1 aromatic rings. The molecule has 1 aliphatic rings. The molecule has 2 N–H and O–H groups in total. The second-order valence-corrected chi connectivity index (χ2v) is 4.76. The first-order valence-electron chi connectivity index (χ1n) is 6.34. The Morgan fingerprint density at radius 2 is 2.17 bits per heavy atom. The Balaban J connectivity index is 1.82. The number of anilines is 1. The molecule has 0 spiro atoms. The van der Waals surface area contributed by atoms with Crippen molar-refractivity contribution in [2.75, 3.05) is 26.0 Å². The molecule has 0 aromatic heterocycles. The van der Waals surface area contributed by atoms with E-state index in [1.807, 2.05) is 36.2 Å². The summed E-state index contributed by atoms with van der Waals surface area (Å²) in [6, 6.07) is 7.94. The first kappa shape index (κ1) is 12.9. The molecule has 0 bridgehead atoms. The number of nitrogens with zero attached hydrogens (tertiary/aromatic N) is 1. The Kier molecular flexibility index (Phi) is 4.20. The van der Waals surface area contributed by atoms with E-state index < -0.39 is 0 Å². The van der Waals surface area contributed by atoms with Crippen LogP contribution in [0, 0.1) is 0 Å². The van der Waals surface area contributed by atoms with Gasteiger partial charge in [-0.1, -0.05) is 12.1 Å². The van der Waals surface area contributed by atoms with Gasteiger partial charge in [0.2, 0.25) is 5.91 Å². The Bertz CT molecular complexity index is 397. The number of hydrogen-bond acceptors (Lipinski definition) is 3. The summed E-state index contributed by atoms with van der Waals surface area (Å²) < 4.78 is 5.30. The van der Waals surface area contributed by atoms with Gasteiger partial charge in [0, 0.05) is 25.8 Å². The number of nitrogens with two attached hydrogens (primary N) is 1. The minimum atomic E-state index is 0.183. The molecule has 98 valence electrons. The third-order valence-corrected chi connectivity index (χ3v) is 3.45. The summed E-state index contributed by atoms with van der Waals surface area (Å²) in [6.07, 6.45) is 2.25. The minimum Gasteiger partial charge on any atom is -0.399 e. The highest BCUT2D eigenvalue weighted by atomic mass is 16.5. The molecule has 1 unspecified atom stereocenters. The maximum absolute atomic E-state index is 12.0. The maximum Gasteiger partial charge on any atom is 0.222 e. The molecule has 0 saturated carbocycles. The van der Waals surface area contributed by atoms with E-state index >= 15 is 0 Å². The first-order valence-corrected chi connectivity index (χ1v) is 6.34. The number of aryl methyl sites for hydroxylation is 1. The van der Waals surface area contributed by atoms with Crippen LogP contribution in [0.2, 0.25) is 0 Å². The molecule has 1 saturated heterocycles. The molecule has 4 heteroatoms. The normalized spacial score (nSPS) is 18.8. The van der Waals surface area contributed by atoms with E-state index in [1.165, 1.54) is 0 Å². The number of ether oxygens (including phenoxy) is 1. The average Bonchev–Trinajstić information content (AvgIpc) is 2.90. The Hall–Kier alpha value is -1.55. The predicted molar refractivity (Wildman–Crippen MR) is 71.2 cm³/mol. The fourth-order valence-corrected chi connectivity index (χ4v) is 2.14. The standard InChI is InChI=1S/C14H20N2O2/c1-16(13-8-9-18-10-13)14(17)7-4-11-2-5-12(15)6-3-11/h2-3,5-6,13H,4,7-10,15H2,1H3. The van der Waals surface area contributed by atoms with E-state index in [2.05, 4.69) is 0 Å². The lowest BCUT2D eigenvalue weighted by molar-refractivity contribution is -0.131. The van der Waals surface area contributed by atoms with Crippen LogP contribution in [0.15, 0.2) is 24.3 Å². The van der Waals surface area contributed by atoms with E-state index in [9.17, 15) is 4.79 Å². The van der Waals surface area contributed by atoms with Gasteiger partial charge >= 0.3 is 0 Å². The second-order valence-electron chi connectivity index (χ2n) is 4.76. The summed E-state index contributed by atoms with van der Waals surface area (Å²) in [6.45, 7) is 1.43. The van der Waals surface area contributed by atoms with Crippen LogP contribution in [0.4, 0.5) is 5.69 Å². The fourth-order valence-electron chi connectivity index (χ4n) is 2.14. The third-order valence-electron chi connectivity index (χ3n) is 3.45. The molecule has 1 aliphatic heterocycles. The van der Waals surface area contributed by atoms with Crippen LogP contribution in [-0.4, -0.2) is 37.1 Å². The topological polar surface area (TPSA) is 55.6 Å². The monoisotopic (exact) mass is 248 g/mol. The highest BCUT2D eigenvalue weighted by Gasteiger charge is 2.23. The van der Waals surface area contributed by atoms with E-state index in [0.29, 0.717) is 13.0 Å². The van der Waals surface area contributed by atoms with Gasteiger partial charge in [-0.2, -0.15) is 0 Å². The maximum atomic E-state index is 12.0. The molecular formula is C14H20N2O2. The van der Waals surface area contributed by atoms with E-state index in [0.717, 1.165) is 30.7 Å². The van der Waals surface area contributed by atoms with Crippen molar-refractivity contribution in [1.29, 1.82) is 0 Å². The van der Waals surface area contributed by atoms with Crippen LogP contribution in [-0.2, 0) is 16.0 Å². The fraction of sp³-hybridized carbons (Fsp3) is 0.500. The van der Waals surface area contributed by atoms with Gasteiger partial charge < -0.3 is 15.4 Å². The summed E-state index contributed by atoms with van der Waals surface area (Å²) in [4.78, 5) is 13.8. The molecule has 0 aliphatic carbocycles. The molecule has 0 radical (unpaired) electrons. The molecule has 1 aromatic carbocycles. The van der Waals surface area contributed by atoms with Crippen molar-refractivity contribution < 1.29 is 9.53 Å². The minimum absolute atomic E-state index is 0.183. The highest BCUT2D eigenvalue weighted by molar-refractivity contribution is 5.76. The molecule has 2 rings (SSSR count). The van der Waals surface area contributed by atoms with E-state index in [1.54, 1.807) is 0 Å². The zero-order valence-electron chi connectivity index (χ0n) is 10.8. The smallest absolute Gasteiger partial charge is 0.222 e. The van der Waals surface area contributed by atoms with Crippen LogP contribution in [0.3, 0.4) is 0 Å². The predicted octanol–water partition coefficient (Wildman–Crippen LogP) is 1.45. The van der Waals surface area contributed by atoms with Crippen molar-refractivity contribution in [3.05, 3.63) is 29.8 Å². The van der Waals surface area contributed by atoms with Gasteiger partial charge in [-0.25, -0.2) is 0 Å². The van der Waals surface area contributed by atoms with Crippen LogP contribution in [0.1, 0.15) is 18.4 Å². The Morgan fingerprint density at radius 3 is 2.78 bits per heavy atom. The number of carbonyl (C=O) groups excluding carboxylic acids is 1. The largest absolute Gasteiger partial charge is 0.399 e. The zero-order valence-corrected chi connectivity index (χ0v) is 10.8. The van der Waals surface area contributed by atoms with Crippen LogP contribution < -0.4 is 5.73 Å². The summed E-state index contributed by atoms with van der Waals surface area (Å²) in [5, 5.41) is 0. The molecule has 1 atom stereocenters. The van der Waals surface area contributed by atoms with E-state index in [4.69, 9.17) is 10.5 Å². The average molecular weight is 248 g/mol. The summed E-state index contributed by atoms with van der Waals surface area (Å²) in [5.74, 6) is 0.183. The number of amides is 1. The van der Waals surface area contributed by atoms with Gasteiger partial charge in [-0.3, -0.25) is 4.79 Å². The number of likely N-dealkylation sites (N-methyl/N-ethyl adjacent to an activating group) is 1. The van der Waals surface area contributed by atoms with Crippen LogP contribution in [0.5, 0.6) is 0 Å². The van der Waals surface area contributed by atoms with Gasteiger partial charge in [-0.15, -0.1) is 0 Å². The van der Waals surface area contributed by atoms with Gasteiger partial charge in [0.25, 0.3) is 0 Å². The lowest BCUT2D eigenvalue weighted by atomic mass is 10.1. The lowest BCUT2D eigenvalue weighted by Gasteiger charge is -2.23. The summed E-state index contributed by atoms with van der Waals surface area (Å²) in [5.41, 5.74) is 7.53. The van der Waals surface area contributed by atoms with Crippen molar-refractivity contribution >= 4 is 11.6 Å². The van der Waals surface area contributed by atoms with Crippen molar-refractivity contribution in [3.8, 4) is 0 Å². The number of hydrogen-bond donors (Lipinski definition) is 1. The number of benzene rings is 1. The van der Waals surface area contributed by atoms with Gasteiger partial charge in [-0.05, 0) is 30.5 Å². The Morgan fingerprint density at radius 1 is 1.44 bits per heavy atom. The van der Waals surface area contributed by atoms with Gasteiger partial charge in [0.15, 0.2) is 0 Å². The SMILES string of the molecule is CN(C(=O)CCc1ccc(N)cc1)C1CCOC1. The van der Waals surface area contributed by atoms with Crippen LogP contribution >= 0.6 is 0 Å². The highest BCUT2D eigenvalue weighted by Crippen LogP contribution is 2.13. The van der Waals surface area contributed by atoms with Crippen molar-refractivity contribution in [2.24, 2.45) is 0 Å². The summed E-state index contributed by atoms with van der Waals surface area (Å²) >= 11 is 0. The van der Waals surface area contributed by atoms with Gasteiger partial charge in [0.1, 0.15) is 0 Å². The Labute approximate surface area is 108 Å². The van der Waals surface area contributed by atoms with E-state index in [-0.39, 0.29) is 11.9 Å². The second kappa shape index (κ2) is 5.87. The number of carbonyl (C=O) groups is 1. The molecule has 1 heterocycles. The van der Waals surface area contributed by atoms with Crippen molar-refractivity contribution in [3.63, 3.8) is 0 Å².